The van der Waals surface area contributed by atoms with E-state index in [0.717, 1.165) is 0 Å². The molecule has 0 aliphatic carbocycles. The number of halogens is 2. The van der Waals surface area contributed by atoms with Gasteiger partial charge in [0, 0.05) is 9.32 Å². The molecule has 8 N–H and O–H groups in total. The quantitative estimate of drug-likeness (QED) is 0.159. The van der Waals surface area contributed by atoms with Gasteiger partial charge in [0.2, 0.25) is 0 Å². The van der Waals surface area contributed by atoms with Gasteiger partial charge < -0.3 is 30.1 Å². The third-order valence-corrected chi connectivity index (χ3v) is 1.87. The lowest BCUT2D eigenvalue weighted by Gasteiger charge is -2.20. The van der Waals surface area contributed by atoms with Gasteiger partial charge in [0.05, 0.1) is 0 Å². The molecule has 0 bridgehead atoms. The molecular formula is C8H20Cl2N6O6. The molecular weight excluding hydrogens is 347 g/mol. The van der Waals surface area contributed by atoms with Crippen LogP contribution in [0.1, 0.15) is 27.7 Å². The van der Waals surface area contributed by atoms with Crippen LogP contribution in [0.15, 0.2) is 10.2 Å². The number of nitrogens with two attached hydrogens (primary N) is 2. The van der Waals surface area contributed by atoms with Gasteiger partial charge in [-0.3, -0.25) is 10.8 Å². The molecule has 0 atom stereocenters. The number of rotatable bonds is 4. The summed E-state index contributed by atoms with van der Waals surface area (Å²) < 4.78 is 47.9. The van der Waals surface area contributed by atoms with Crippen molar-refractivity contribution in [3.05, 3.63) is 0 Å². The molecule has 22 heavy (non-hydrogen) atoms. The van der Waals surface area contributed by atoms with E-state index in [9.17, 15) is 0 Å². The number of amidine groups is 2. The highest BCUT2D eigenvalue weighted by Crippen LogP contribution is 2.15. The zero-order valence-corrected chi connectivity index (χ0v) is 13.8. The van der Waals surface area contributed by atoms with Gasteiger partial charge in [-0.1, -0.05) is 0 Å². The lowest BCUT2D eigenvalue weighted by Crippen LogP contribution is -2.38. The summed E-state index contributed by atoms with van der Waals surface area (Å²) in [5.74, 6) is -0.138. The molecule has 0 aromatic rings. The summed E-state index contributed by atoms with van der Waals surface area (Å²) in [6.45, 7) is 6.70. The van der Waals surface area contributed by atoms with Crippen molar-refractivity contribution < 1.29 is 49.5 Å². The zero-order valence-electron chi connectivity index (χ0n) is 12.3. The van der Waals surface area contributed by atoms with Crippen molar-refractivity contribution in [2.45, 2.75) is 38.8 Å². The summed E-state index contributed by atoms with van der Waals surface area (Å²) in [7, 11) is -5.20. The third-order valence-electron chi connectivity index (χ3n) is 1.87. The second kappa shape index (κ2) is 11.4. The largest absolute Gasteiger partial charge is 0.386 e. The molecule has 0 saturated carbocycles. The van der Waals surface area contributed by atoms with Crippen LogP contribution >= 0.6 is 0 Å². The van der Waals surface area contributed by atoms with Crippen LogP contribution in [0, 0.1) is 32.4 Å². The van der Waals surface area contributed by atoms with E-state index in [4.69, 9.17) is 50.2 Å². The molecule has 0 rings (SSSR count). The van der Waals surface area contributed by atoms with Gasteiger partial charge in [-0.2, -0.15) is 10.2 Å². The minimum atomic E-state index is -2.60. The van der Waals surface area contributed by atoms with Crippen molar-refractivity contribution in [1.29, 1.82) is 10.8 Å². The first kappa shape index (κ1) is 25.8. The highest BCUT2D eigenvalue weighted by molar-refractivity contribution is 5.87. The van der Waals surface area contributed by atoms with Crippen LogP contribution in [0.5, 0.6) is 0 Å². The number of hydrogen-bond acceptors (Lipinski definition) is 10. The fourth-order valence-corrected chi connectivity index (χ4v) is 0.358. The Kier molecular flexibility index (Phi) is 13.4. The van der Waals surface area contributed by atoms with E-state index in [1.165, 1.54) is 0 Å². The topological polar surface area (TPSA) is 257 Å². The molecule has 0 amide bonds. The fraction of sp³-hybridized carbons (Fsp3) is 0.750. The van der Waals surface area contributed by atoms with Crippen LogP contribution in [0.4, 0.5) is 0 Å². The Hall–Kier alpha value is -1.12. The van der Waals surface area contributed by atoms with E-state index in [-0.39, 0.29) is 11.7 Å². The van der Waals surface area contributed by atoms with Crippen molar-refractivity contribution in [2.24, 2.45) is 21.7 Å². The molecule has 0 heterocycles. The average Bonchev–Trinajstić information content (AvgIpc) is 2.24. The first-order chi connectivity index (χ1) is 9.56. The molecule has 0 spiro atoms. The smallest absolute Gasteiger partial charge is 0.282 e. The normalized spacial score (nSPS) is 11.6. The predicted octanol–water partition coefficient (Wildman–Crippen LogP) is -5.00. The highest BCUT2D eigenvalue weighted by Gasteiger charge is 2.25. The third kappa shape index (κ3) is 18.9. The van der Waals surface area contributed by atoms with Crippen molar-refractivity contribution in [2.75, 3.05) is 0 Å². The van der Waals surface area contributed by atoms with Crippen LogP contribution in [-0.2, 0) is 0 Å². The van der Waals surface area contributed by atoms with E-state index in [1.54, 1.807) is 27.7 Å². The second-order valence-corrected chi connectivity index (χ2v) is 5.35. The van der Waals surface area contributed by atoms with Gasteiger partial charge in [0.15, 0.2) is 0 Å². The Labute approximate surface area is 133 Å². The molecule has 0 saturated heterocycles. The average molecular weight is 367 g/mol. The second-order valence-electron chi connectivity index (χ2n) is 4.55. The van der Waals surface area contributed by atoms with Crippen LogP contribution in [0.25, 0.3) is 0 Å². The van der Waals surface area contributed by atoms with E-state index in [1.807, 2.05) is 0 Å². The molecule has 0 aliphatic rings. The Bertz CT molecular complexity index is 337. The summed E-state index contributed by atoms with van der Waals surface area (Å²) in [6.07, 6.45) is 0. The van der Waals surface area contributed by atoms with E-state index < -0.39 is 32.6 Å². The van der Waals surface area contributed by atoms with Gasteiger partial charge in [-0.25, -0.2) is 0 Å². The minimum Gasteiger partial charge on any atom is -0.386 e. The molecule has 12 nitrogen and oxygen atoms in total. The zero-order chi connectivity index (χ0) is 18.7. The standard InChI is InChI=1S/C8H18N6.2ClHO3/c1-7(2,5(9)10)13-14-8(3,4)6(11)12;2*2-1(3)4/h1-4H3,(H3,9,10)(H3,11,12);2*2H. The number of nitrogens with zero attached hydrogens (tertiary/aromatic N) is 2. The summed E-state index contributed by atoms with van der Waals surface area (Å²) in [6, 6.07) is 0. The van der Waals surface area contributed by atoms with Crippen LogP contribution in [0.2, 0.25) is 0 Å². The molecule has 0 unspecified atom stereocenters. The van der Waals surface area contributed by atoms with Crippen LogP contribution in [0.3, 0.4) is 0 Å². The molecule has 14 heteroatoms. The van der Waals surface area contributed by atoms with E-state index in [2.05, 4.69) is 10.2 Å². The summed E-state index contributed by atoms with van der Waals surface area (Å²) in [5, 5.41) is 22.3. The Morgan fingerprint density at radius 1 is 0.818 bits per heavy atom. The van der Waals surface area contributed by atoms with Gasteiger partial charge in [0.1, 0.15) is 22.7 Å². The molecule has 0 aliphatic heterocycles. The maximum atomic E-state index is 8.52. The van der Waals surface area contributed by atoms with Crippen LogP contribution < -0.4 is 30.1 Å². The molecule has 0 radical (unpaired) electrons. The van der Waals surface area contributed by atoms with Gasteiger partial charge in [-0.15, -0.1) is 0 Å². The predicted molar refractivity (Wildman–Crippen MR) is 61.3 cm³/mol. The minimum absolute atomic E-state index is 0.0689. The number of azo groups is 1. The van der Waals surface area contributed by atoms with Crippen molar-refractivity contribution in [3.63, 3.8) is 0 Å². The Morgan fingerprint density at radius 2 is 0.955 bits per heavy atom. The van der Waals surface area contributed by atoms with E-state index >= 15 is 0 Å². The molecule has 132 valence electrons. The summed E-state index contributed by atoms with van der Waals surface area (Å²) in [4.78, 5) is 0. The monoisotopic (exact) mass is 366 g/mol. The van der Waals surface area contributed by atoms with Gasteiger partial charge in [-0.05, 0) is 27.7 Å². The molecule has 0 fully saturated rings. The van der Waals surface area contributed by atoms with Crippen LogP contribution in [-0.4, -0.2) is 32.1 Å². The lowest BCUT2D eigenvalue weighted by atomic mass is 10.1. The van der Waals surface area contributed by atoms with Crippen molar-refractivity contribution in [1.82, 2.24) is 0 Å². The van der Waals surface area contributed by atoms with E-state index in [0.29, 0.717) is 0 Å². The first-order valence-electron chi connectivity index (χ1n) is 5.18. The number of nitrogens with one attached hydrogen (secondary N) is 2. The first-order valence-corrected chi connectivity index (χ1v) is 7.09. The fourth-order valence-electron chi connectivity index (χ4n) is 0.358. The summed E-state index contributed by atoms with van der Waals surface area (Å²) >= 11 is 0. The van der Waals surface area contributed by atoms with Gasteiger partial charge in [0.25, 0.3) is 21.6 Å². The SMILES string of the molecule is CC(C)(N=NC(C)(C)C(=N)N)C(=N)N.[O-][Cl+2]([O-])O.[O-][Cl+2]([O-])O. The lowest BCUT2D eigenvalue weighted by molar-refractivity contribution is -1.63. The van der Waals surface area contributed by atoms with Gasteiger partial charge >= 0.3 is 0 Å². The number of hydrogen-bond donors (Lipinski definition) is 6. The maximum absolute atomic E-state index is 8.52. The summed E-state index contributed by atoms with van der Waals surface area (Å²) in [5.41, 5.74) is 8.96. The van der Waals surface area contributed by atoms with Crippen molar-refractivity contribution >= 4 is 11.7 Å². The Balaban J connectivity index is -0.000000372. The Morgan fingerprint density at radius 3 is 1.05 bits per heavy atom. The maximum Gasteiger partial charge on any atom is 0.282 e. The highest BCUT2D eigenvalue weighted by atomic mass is 35.6. The molecule has 0 aromatic heterocycles. The molecule has 0 aromatic carbocycles. The van der Waals surface area contributed by atoms with Crippen molar-refractivity contribution in [3.8, 4) is 0 Å².